The zero-order valence-corrected chi connectivity index (χ0v) is 12.3. The third-order valence-electron chi connectivity index (χ3n) is 4.04. The highest BCUT2D eigenvalue weighted by molar-refractivity contribution is 5.78. The molecule has 7 nitrogen and oxygen atoms in total. The number of aliphatic carboxylic acids is 1. The molecular weight excluding hydrogens is 276 g/mol. The van der Waals surface area contributed by atoms with Crippen LogP contribution in [0, 0.1) is 5.92 Å². The Morgan fingerprint density at radius 1 is 1.10 bits per heavy atom. The highest BCUT2D eigenvalue weighted by atomic mass is 16.5. The zero-order chi connectivity index (χ0) is 15.1. The van der Waals surface area contributed by atoms with E-state index in [9.17, 15) is 9.59 Å². The summed E-state index contributed by atoms with van der Waals surface area (Å²) in [5.41, 5.74) is 0. The Labute approximate surface area is 124 Å². The monoisotopic (exact) mass is 300 g/mol. The molecule has 1 amide bonds. The lowest BCUT2D eigenvalue weighted by Crippen LogP contribution is -2.45. The minimum atomic E-state index is -1.05. The van der Waals surface area contributed by atoms with Crippen LogP contribution in [0.25, 0.3) is 0 Å². The maximum atomic E-state index is 11.9. The summed E-state index contributed by atoms with van der Waals surface area (Å²) in [6.07, 6.45) is 2.00. The van der Waals surface area contributed by atoms with E-state index >= 15 is 0 Å². The van der Waals surface area contributed by atoms with Gasteiger partial charge in [0.05, 0.1) is 13.2 Å². The van der Waals surface area contributed by atoms with Gasteiger partial charge in [0.15, 0.2) is 0 Å². The van der Waals surface area contributed by atoms with Crippen LogP contribution >= 0.6 is 0 Å². The second kappa shape index (κ2) is 8.31. The van der Waals surface area contributed by atoms with E-state index in [2.05, 4.69) is 4.90 Å². The largest absolute Gasteiger partial charge is 0.480 e. The number of hydrogen-bond donors (Lipinski definition) is 1. The summed E-state index contributed by atoms with van der Waals surface area (Å²) in [4.78, 5) is 26.4. The van der Waals surface area contributed by atoms with Gasteiger partial charge < -0.3 is 19.5 Å². The first-order chi connectivity index (χ1) is 10.1. The van der Waals surface area contributed by atoms with Crippen LogP contribution < -0.4 is 0 Å². The molecule has 120 valence electrons. The van der Waals surface area contributed by atoms with Gasteiger partial charge in [-0.3, -0.25) is 9.69 Å². The smallest absolute Gasteiger partial charge is 0.329 e. The SMILES string of the molecule is O=C(O)COCC(=O)N1CCC(CN2CCOCC2)CC1. The van der Waals surface area contributed by atoms with Gasteiger partial charge in [-0.2, -0.15) is 0 Å². The van der Waals surface area contributed by atoms with Gasteiger partial charge in [0.25, 0.3) is 0 Å². The highest BCUT2D eigenvalue weighted by Crippen LogP contribution is 2.19. The Hall–Kier alpha value is -1.18. The molecule has 0 aromatic rings. The third-order valence-corrected chi connectivity index (χ3v) is 4.04. The van der Waals surface area contributed by atoms with Gasteiger partial charge in [-0.25, -0.2) is 4.79 Å². The van der Waals surface area contributed by atoms with Crippen molar-refractivity contribution in [1.29, 1.82) is 0 Å². The topological polar surface area (TPSA) is 79.3 Å². The number of amides is 1. The molecule has 0 saturated carbocycles. The lowest BCUT2D eigenvalue weighted by Gasteiger charge is -2.36. The number of likely N-dealkylation sites (tertiary alicyclic amines) is 1. The maximum Gasteiger partial charge on any atom is 0.329 e. The van der Waals surface area contributed by atoms with Crippen molar-refractivity contribution in [3.63, 3.8) is 0 Å². The molecule has 0 atom stereocenters. The van der Waals surface area contributed by atoms with Crippen molar-refractivity contribution >= 4 is 11.9 Å². The van der Waals surface area contributed by atoms with Gasteiger partial charge in [-0.05, 0) is 18.8 Å². The van der Waals surface area contributed by atoms with Crippen molar-refractivity contribution in [2.75, 3.05) is 59.2 Å². The summed E-state index contributed by atoms with van der Waals surface area (Å²) in [6.45, 7) is 5.65. The quantitative estimate of drug-likeness (QED) is 0.723. The number of carbonyl (C=O) groups excluding carboxylic acids is 1. The van der Waals surface area contributed by atoms with Crippen LogP contribution in [0.1, 0.15) is 12.8 Å². The minimum Gasteiger partial charge on any atom is -0.480 e. The van der Waals surface area contributed by atoms with Gasteiger partial charge in [0, 0.05) is 32.7 Å². The Balaban J connectivity index is 1.62. The summed E-state index contributed by atoms with van der Waals surface area (Å²) in [7, 11) is 0. The summed E-state index contributed by atoms with van der Waals surface area (Å²) >= 11 is 0. The van der Waals surface area contributed by atoms with E-state index in [0.717, 1.165) is 58.8 Å². The lowest BCUT2D eigenvalue weighted by atomic mass is 9.96. The van der Waals surface area contributed by atoms with Crippen LogP contribution in [0.4, 0.5) is 0 Å². The fourth-order valence-corrected chi connectivity index (χ4v) is 2.83. The van der Waals surface area contributed by atoms with E-state index in [1.165, 1.54) is 0 Å². The molecule has 0 unspecified atom stereocenters. The highest BCUT2D eigenvalue weighted by Gasteiger charge is 2.24. The van der Waals surface area contributed by atoms with Crippen LogP contribution in [0.3, 0.4) is 0 Å². The van der Waals surface area contributed by atoms with Crippen LogP contribution in [-0.2, 0) is 19.1 Å². The van der Waals surface area contributed by atoms with E-state index in [0.29, 0.717) is 5.92 Å². The molecule has 2 saturated heterocycles. The number of carboxylic acids is 1. The Bertz CT molecular complexity index is 349. The standard InChI is InChI=1S/C14H24N2O5/c17-13(10-21-11-14(18)19)16-3-1-12(2-4-16)9-15-5-7-20-8-6-15/h12H,1-11H2,(H,18,19). The van der Waals surface area contributed by atoms with E-state index in [-0.39, 0.29) is 12.5 Å². The van der Waals surface area contributed by atoms with E-state index < -0.39 is 12.6 Å². The number of nitrogens with zero attached hydrogens (tertiary/aromatic N) is 2. The lowest BCUT2D eigenvalue weighted by molar-refractivity contribution is -0.146. The molecule has 0 spiro atoms. The number of rotatable bonds is 6. The van der Waals surface area contributed by atoms with Crippen molar-refractivity contribution < 1.29 is 24.2 Å². The van der Waals surface area contributed by atoms with Gasteiger partial charge >= 0.3 is 5.97 Å². The second-order valence-corrected chi connectivity index (χ2v) is 5.62. The average molecular weight is 300 g/mol. The first kappa shape index (κ1) is 16.2. The molecule has 1 N–H and O–H groups in total. The van der Waals surface area contributed by atoms with Crippen molar-refractivity contribution in [1.82, 2.24) is 9.80 Å². The zero-order valence-electron chi connectivity index (χ0n) is 12.3. The summed E-state index contributed by atoms with van der Waals surface area (Å²) in [5.74, 6) is -0.528. The molecule has 2 aliphatic rings. The molecule has 2 aliphatic heterocycles. The van der Waals surface area contributed by atoms with Crippen LogP contribution in [0.15, 0.2) is 0 Å². The second-order valence-electron chi connectivity index (χ2n) is 5.62. The minimum absolute atomic E-state index is 0.110. The molecule has 7 heteroatoms. The molecule has 0 aromatic heterocycles. The number of hydrogen-bond acceptors (Lipinski definition) is 5. The molecule has 0 aromatic carbocycles. The van der Waals surface area contributed by atoms with Crippen molar-refractivity contribution in [3.8, 4) is 0 Å². The molecule has 0 bridgehead atoms. The number of carbonyl (C=O) groups is 2. The van der Waals surface area contributed by atoms with Crippen molar-refractivity contribution in [2.45, 2.75) is 12.8 Å². The van der Waals surface area contributed by atoms with Gasteiger partial charge in [0.1, 0.15) is 13.2 Å². The van der Waals surface area contributed by atoms with E-state index in [1.807, 2.05) is 0 Å². The number of morpholine rings is 1. The average Bonchev–Trinajstić information content (AvgIpc) is 2.48. The number of carboxylic acid groups (broad SMARTS) is 1. The summed E-state index contributed by atoms with van der Waals surface area (Å²) in [5, 5.41) is 8.46. The van der Waals surface area contributed by atoms with E-state index in [1.54, 1.807) is 4.90 Å². The summed E-state index contributed by atoms with van der Waals surface area (Å²) < 4.78 is 10.2. The van der Waals surface area contributed by atoms with Crippen LogP contribution in [-0.4, -0.2) is 85.9 Å². The third kappa shape index (κ3) is 5.61. The van der Waals surface area contributed by atoms with Gasteiger partial charge in [-0.15, -0.1) is 0 Å². The van der Waals surface area contributed by atoms with Crippen molar-refractivity contribution in [3.05, 3.63) is 0 Å². The van der Waals surface area contributed by atoms with Gasteiger partial charge in [-0.1, -0.05) is 0 Å². The number of ether oxygens (including phenoxy) is 2. The molecule has 2 fully saturated rings. The molecule has 0 aliphatic carbocycles. The molecule has 2 rings (SSSR count). The fourth-order valence-electron chi connectivity index (χ4n) is 2.83. The van der Waals surface area contributed by atoms with Gasteiger partial charge in [0.2, 0.25) is 5.91 Å². The Morgan fingerprint density at radius 3 is 2.38 bits per heavy atom. The van der Waals surface area contributed by atoms with E-state index in [4.69, 9.17) is 14.6 Å². The molecule has 2 heterocycles. The predicted molar refractivity (Wildman–Crippen MR) is 75.0 cm³/mol. The predicted octanol–water partition coefficient (Wildman–Crippen LogP) is -0.342. The molecular formula is C14H24N2O5. The Morgan fingerprint density at radius 2 is 1.76 bits per heavy atom. The normalized spacial score (nSPS) is 21.4. The summed E-state index contributed by atoms with van der Waals surface area (Å²) in [6, 6.07) is 0. The van der Waals surface area contributed by atoms with Crippen LogP contribution in [0.2, 0.25) is 0 Å². The maximum absolute atomic E-state index is 11.9. The van der Waals surface area contributed by atoms with Crippen molar-refractivity contribution in [2.24, 2.45) is 5.92 Å². The molecule has 21 heavy (non-hydrogen) atoms. The Kier molecular flexibility index (Phi) is 6.41. The molecule has 0 radical (unpaired) electrons. The first-order valence-corrected chi connectivity index (χ1v) is 7.52. The number of piperidine rings is 1. The first-order valence-electron chi connectivity index (χ1n) is 7.52. The fraction of sp³-hybridized carbons (Fsp3) is 0.857. The van der Waals surface area contributed by atoms with Crippen LogP contribution in [0.5, 0.6) is 0 Å².